The summed E-state index contributed by atoms with van der Waals surface area (Å²) < 4.78 is 18.8. The maximum absolute atomic E-state index is 12.3. The minimum absolute atomic E-state index is 0.0673. The monoisotopic (exact) mass is 516 g/mol. The van der Waals surface area contributed by atoms with E-state index in [2.05, 4.69) is 30.7 Å². The van der Waals surface area contributed by atoms with Gasteiger partial charge in [0.1, 0.15) is 25.7 Å². The molecular weight excluding hydrogens is 488 g/mol. The van der Waals surface area contributed by atoms with Crippen LogP contribution in [0.15, 0.2) is 0 Å². The molecule has 0 aromatic heterocycles. The Hall–Kier alpha value is -4.24. The molecule has 1 unspecified atom stereocenters. The number of cyclic esters (lactones) is 4. The first-order valence-electron chi connectivity index (χ1n) is 10.7. The number of carbonyl (C=O) groups is 8. The van der Waals surface area contributed by atoms with Gasteiger partial charge in [-0.25, -0.2) is 4.79 Å². The van der Waals surface area contributed by atoms with Crippen LogP contribution in [-0.4, -0.2) is 99.6 Å². The van der Waals surface area contributed by atoms with E-state index in [0.29, 0.717) is 0 Å². The molecule has 1 atom stereocenters. The van der Waals surface area contributed by atoms with Crippen molar-refractivity contribution in [2.24, 2.45) is 5.92 Å². The topological polar surface area (TPSA) is 222 Å². The van der Waals surface area contributed by atoms with Crippen LogP contribution in [0, 0.1) is 5.92 Å². The zero-order valence-corrected chi connectivity index (χ0v) is 19.7. The molecule has 200 valence electrons. The smallest absolute Gasteiger partial charge is 0.329 e. The van der Waals surface area contributed by atoms with Crippen LogP contribution in [0.3, 0.4) is 0 Å². The van der Waals surface area contributed by atoms with Crippen LogP contribution in [0.5, 0.6) is 0 Å². The maximum atomic E-state index is 12.3. The van der Waals surface area contributed by atoms with Gasteiger partial charge >= 0.3 is 23.9 Å². The largest absolute Gasteiger partial charge is 0.454 e. The van der Waals surface area contributed by atoms with E-state index in [9.17, 15) is 38.4 Å². The van der Waals surface area contributed by atoms with Crippen LogP contribution in [0.2, 0.25) is 0 Å². The summed E-state index contributed by atoms with van der Waals surface area (Å²) in [6.07, 6.45) is 0.142. The van der Waals surface area contributed by atoms with Crippen LogP contribution in [0.4, 0.5) is 0 Å². The van der Waals surface area contributed by atoms with Gasteiger partial charge in [-0.2, -0.15) is 0 Å². The van der Waals surface area contributed by atoms with Crippen molar-refractivity contribution in [3.8, 4) is 0 Å². The molecule has 36 heavy (non-hydrogen) atoms. The lowest BCUT2D eigenvalue weighted by atomic mass is 10.0. The second-order valence-corrected chi connectivity index (χ2v) is 7.67. The van der Waals surface area contributed by atoms with E-state index in [1.807, 2.05) is 0 Å². The summed E-state index contributed by atoms with van der Waals surface area (Å²) in [5.74, 6) is -7.38. The first kappa shape index (κ1) is 29.8. The van der Waals surface area contributed by atoms with Crippen LogP contribution in [0.25, 0.3) is 0 Å². The lowest BCUT2D eigenvalue weighted by Gasteiger charge is -2.19. The van der Waals surface area contributed by atoms with E-state index < -0.39 is 99.6 Å². The summed E-state index contributed by atoms with van der Waals surface area (Å²) in [5, 5.41) is 8.63. The van der Waals surface area contributed by atoms with Gasteiger partial charge in [0, 0.05) is 0 Å². The molecule has 4 N–H and O–H groups in total. The van der Waals surface area contributed by atoms with Crippen molar-refractivity contribution in [2.75, 3.05) is 46.1 Å². The molecule has 16 nitrogen and oxygen atoms in total. The van der Waals surface area contributed by atoms with Gasteiger partial charge in [-0.3, -0.25) is 33.6 Å². The van der Waals surface area contributed by atoms with Gasteiger partial charge < -0.3 is 40.2 Å². The highest BCUT2D eigenvalue weighted by Gasteiger charge is 2.25. The zero-order valence-electron chi connectivity index (χ0n) is 19.7. The predicted octanol–water partition coefficient (Wildman–Crippen LogP) is -3.95. The van der Waals surface area contributed by atoms with Crippen molar-refractivity contribution in [2.45, 2.75) is 26.3 Å². The van der Waals surface area contributed by atoms with Crippen molar-refractivity contribution < 1.29 is 57.3 Å². The fourth-order valence-electron chi connectivity index (χ4n) is 2.42. The second-order valence-electron chi connectivity index (χ2n) is 7.67. The van der Waals surface area contributed by atoms with Crippen molar-refractivity contribution in [1.82, 2.24) is 21.3 Å². The molecule has 0 aromatic rings. The Kier molecular flexibility index (Phi) is 12.9. The van der Waals surface area contributed by atoms with Crippen molar-refractivity contribution in [1.29, 1.82) is 0 Å². The first-order valence-corrected chi connectivity index (χ1v) is 10.7. The number of rotatable bonds is 2. The standard InChI is InChI=1S/C20H28N4O12/c1-11(2)3-12-20(32)36-9-15(27)23-5-18(30)34-7-13(25)21-4-17(29)33-8-14(26)22-6-19(31)35-10-16(28)24-12/h11-12H,3-10H2,1-2H3,(H,21,25)(H,22,26)(H,23,27)(H,24,28). The molecule has 0 saturated carbocycles. The third-order valence-electron chi connectivity index (χ3n) is 4.05. The molecule has 1 saturated heterocycles. The molecule has 1 aliphatic rings. The Morgan fingerprint density at radius 3 is 1.36 bits per heavy atom. The van der Waals surface area contributed by atoms with Gasteiger partial charge in [0.25, 0.3) is 23.6 Å². The quantitative estimate of drug-likeness (QED) is 0.204. The molecule has 1 fully saturated rings. The zero-order chi connectivity index (χ0) is 27.1. The van der Waals surface area contributed by atoms with E-state index >= 15 is 0 Å². The highest BCUT2D eigenvalue weighted by atomic mass is 16.6. The number of carbonyl (C=O) groups excluding carboxylic acids is 8. The summed E-state index contributed by atoms with van der Waals surface area (Å²) in [5.41, 5.74) is 0. The molecule has 0 radical (unpaired) electrons. The molecule has 4 amide bonds. The van der Waals surface area contributed by atoms with Crippen LogP contribution >= 0.6 is 0 Å². The Balaban J connectivity index is 2.79. The van der Waals surface area contributed by atoms with Crippen molar-refractivity contribution in [3.05, 3.63) is 0 Å². The lowest BCUT2D eigenvalue weighted by molar-refractivity contribution is -0.154. The molecule has 16 heteroatoms. The maximum Gasteiger partial charge on any atom is 0.329 e. The van der Waals surface area contributed by atoms with E-state index in [1.165, 1.54) is 0 Å². The fourth-order valence-corrected chi connectivity index (χ4v) is 2.42. The SMILES string of the molecule is CC(C)CC1NC(=O)COC(=O)CNC(=O)COC(=O)CNC(=O)COC(=O)CNC(=O)COC1=O. The number of amides is 4. The molecular formula is C20H28N4O12. The van der Waals surface area contributed by atoms with Gasteiger partial charge in [0.15, 0.2) is 26.4 Å². The fraction of sp³-hybridized carbons (Fsp3) is 0.600. The van der Waals surface area contributed by atoms with Crippen molar-refractivity contribution in [3.63, 3.8) is 0 Å². The summed E-state index contributed by atoms with van der Waals surface area (Å²) in [6.45, 7) is -1.46. The Morgan fingerprint density at radius 1 is 0.611 bits per heavy atom. The summed E-state index contributed by atoms with van der Waals surface area (Å²) >= 11 is 0. The second kappa shape index (κ2) is 15.6. The number of hydrogen-bond donors (Lipinski definition) is 4. The third-order valence-corrected chi connectivity index (χ3v) is 4.05. The molecule has 1 aliphatic heterocycles. The summed E-state index contributed by atoms with van der Waals surface area (Å²) in [4.78, 5) is 94.4. The van der Waals surface area contributed by atoms with Crippen LogP contribution in [0.1, 0.15) is 20.3 Å². The molecule has 1 heterocycles. The Morgan fingerprint density at radius 2 is 0.972 bits per heavy atom. The first-order chi connectivity index (χ1) is 17.0. The number of esters is 4. The Bertz CT molecular complexity index is 873. The van der Waals surface area contributed by atoms with Gasteiger partial charge in [-0.05, 0) is 12.3 Å². The van der Waals surface area contributed by atoms with Crippen molar-refractivity contribution >= 4 is 47.5 Å². The lowest BCUT2D eigenvalue weighted by Crippen LogP contribution is -2.45. The van der Waals surface area contributed by atoms with Crippen LogP contribution in [-0.2, 0) is 57.3 Å². The van der Waals surface area contributed by atoms with Gasteiger partial charge in [-0.1, -0.05) is 13.8 Å². The highest BCUT2D eigenvalue weighted by Crippen LogP contribution is 2.06. The Labute approximate surface area is 205 Å². The van der Waals surface area contributed by atoms with E-state index in [1.54, 1.807) is 13.8 Å². The normalized spacial score (nSPS) is 20.9. The number of nitrogens with one attached hydrogen (secondary N) is 4. The van der Waals surface area contributed by atoms with E-state index in [-0.39, 0.29) is 12.3 Å². The minimum atomic E-state index is -1.16. The van der Waals surface area contributed by atoms with E-state index in [4.69, 9.17) is 9.47 Å². The predicted molar refractivity (Wildman–Crippen MR) is 114 cm³/mol. The summed E-state index contributed by atoms with van der Waals surface area (Å²) in [7, 11) is 0. The summed E-state index contributed by atoms with van der Waals surface area (Å²) in [6, 6.07) is -1.16. The third kappa shape index (κ3) is 13.5. The number of ether oxygens (including phenoxy) is 4. The highest BCUT2D eigenvalue weighted by molar-refractivity contribution is 5.90. The molecule has 0 bridgehead atoms. The van der Waals surface area contributed by atoms with E-state index in [0.717, 1.165) is 0 Å². The molecule has 0 aromatic carbocycles. The average Bonchev–Trinajstić information content (AvgIpc) is 2.82. The average molecular weight is 516 g/mol. The molecule has 0 aliphatic carbocycles. The minimum Gasteiger partial charge on any atom is -0.454 e. The molecule has 0 spiro atoms. The molecule has 1 rings (SSSR count). The van der Waals surface area contributed by atoms with Gasteiger partial charge in [0.2, 0.25) is 0 Å². The number of hydrogen-bond acceptors (Lipinski definition) is 12. The van der Waals surface area contributed by atoms with Gasteiger partial charge in [-0.15, -0.1) is 0 Å². The van der Waals surface area contributed by atoms with Gasteiger partial charge in [0.05, 0.1) is 0 Å². The van der Waals surface area contributed by atoms with Crippen LogP contribution < -0.4 is 21.3 Å².